The van der Waals surface area contributed by atoms with Gasteiger partial charge < -0.3 is 9.47 Å². The summed E-state index contributed by atoms with van der Waals surface area (Å²) < 4.78 is 5.01. The monoisotopic (exact) mass is 794 g/mol. The van der Waals surface area contributed by atoms with Crippen LogP contribution in [0, 0.1) is 0 Å². The summed E-state index contributed by atoms with van der Waals surface area (Å²) >= 11 is 1.86. The Morgan fingerprint density at radius 3 is 1.62 bits per heavy atom. The highest BCUT2D eigenvalue weighted by Crippen LogP contribution is 2.44. The molecule has 61 heavy (non-hydrogen) atoms. The topological polar surface area (TPSA) is 8.17 Å². The number of nitrogens with zero attached hydrogens (tertiary/aromatic N) is 2. The molecule has 286 valence electrons. The maximum absolute atomic E-state index is 2.41. The van der Waals surface area contributed by atoms with Gasteiger partial charge in [-0.25, -0.2) is 0 Å². The zero-order valence-electron chi connectivity index (χ0n) is 33.2. The second kappa shape index (κ2) is 14.5. The summed E-state index contributed by atoms with van der Waals surface area (Å²) in [6, 6.07) is 84.2. The molecule has 0 saturated carbocycles. The van der Waals surface area contributed by atoms with Gasteiger partial charge in [-0.15, -0.1) is 11.3 Å². The van der Waals surface area contributed by atoms with E-state index in [1.807, 2.05) is 11.3 Å². The summed E-state index contributed by atoms with van der Waals surface area (Å²) in [5.41, 5.74) is 14.0. The van der Waals surface area contributed by atoms with E-state index in [2.05, 4.69) is 240 Å². The summed E-state index contributed by atoms with van der Waals surface area (Å²) in [5, 5.41) is 7.63. The van der Waals surface area contributed by atoms with E-state index in [9.17, 15) is 0 Å². The van der Waals surface area contributed by atoms with Crippen molar-refractivity contribution in [3.8, 4) is 39.1 Å². The molecule has 2 heterocycles. The Morgan fingerprint density at radius 1 is 0.328 bits per heavy atom. The molecule has 12 aromatic rings. The maximum Gasteiger partial charge on any atom is 0.0541 e. The number of anilines is 3. The van der Waals surface area contributed by atoms with E-state index in [1.54, 1.807) is 0 Å². The third-order valence-corrected chi connectivity index (χ3v) is 13.3. The minimum atomic E-state index is 1.09. The van der Waals surface area contributed by atoms with Crippen LogP contribution in [0.5, 0.6) is 0 Å². The lowest BCUT2D eigenvalue weighted by molar-refractivity contribution is 1.18. The molecule has 2 nitrogen and oxygen atoms in total. The average Bonchev–Trinajstić information content (AvgIpc) is 3.88. The lowest BCUT2D eigenvalue weighted by Gasteiger charge is -2.28. The van der Waals surface area contributed by atoms with Crippen molar-refractivity contribution in [3.63, 3.8) is 0 Å². The van der Waals surface area contributed by atoms with Gasteiger partial charge in [0.2, 0.25) is 0 Å². The van der Waals surface area contributed by atoms with Gasteiger partial charge in [0.25, 0.3) is 0 Å². The molecule has 0 amide bonds. The molecule has 3 heteroatoms. The summed E-state index contributed by atoms with van der Waals surface area (Å²) in [6.07, 6.45) is 0. The fourth-order valence-corrected chi connectivity index (χ4v) is 10.3. The first-order chi connectivity index (χ1) is 30.2. The number of rotatable bonds is 7. The Hall–Kier alpha value is -7.72. The van der Waals surface area contributed by atoms with Crippen LogP contribution in [0.1, 0.15) is 0 Å². The Morgan fingerprint density at radius 2 is 0.885 bits per heavy atom. The van der Waals surface area contributed by atoms with Crippen molar-refractivity contribution in [2.45, 2.75) is 0 Å². The highest BCUT2D eigenvalue weighted by Gasteiger charge is 2.19. The summed E-state index contributed by atoms with van der Waals surface area (Å²) in [4.78, 5) is 2.41. The summed E-state index contributed by atoms with van der Waals surface area (Å²) in [7, 11) is 0. The van der Waals surface area contributed by atoms with Crippen LogP contribution in [0.15, 0.2) is 231 Å². The zero-order chi connectivity index (χ0) is 40.3. The van der Waals surface area contributed by atoms with Gasteiger partial charge >= 0.3 is 0 Å². The molecule has 0 aliphatic carbocycles. The summed E-state index contributed by atoms with van der Waals surface area (Å²) in [5.74, 6) is 0. The van der Waals surface area contributed by atoms with E-state index < -0.39 is 0 Å². The van der Waals surface area contributed by atoms with Crippen LogP contribution >= 0.6 is 11.3 Å². The Balaban J connectivity index is 0.967. The van der Waals surface area contributed by atoms with Crippen molar-refractivity contribution in [1.29, 1.82) is 0 Å². The molecule has 0 radical (unpaired) electrons. The molecule has 0 aliphatic rings. The number of benzene rings is 10. The molecule has 0 bridgehead atoms. The van der Waals surface area contributed by atoms with E-state index in [0.29, 0.717) is 0 Å². The molecule has 0 N–H and O–H groups in total. The molecular formula is C58H38N2S. The molecule has 0 fully saturated rings. The van der Waals surface area contributed by atoms with Crippen molar-refractivity contribution in [1.82, 2.24) is 4.57 Å². The average molecular weight is 795 g/mol. The largest absolute Gasteiger partial charge is 0.310 e. The van der Waals surface area contributed by atoms with Crippen LogP contribution in [0.2, 0.25) is 0 Å². The maximum atomic E-state index is 2.41. The molecule has 0 aliphatic heterocycles. The lowest BCUT2D eigenvalue weighted by atomic mass is 9.98. The number of thiophene rings is 1. The minimum Gasteiger partial charge on any atom is -0.310 e. The van der Waals surface area contributed by atoms with Crippen molar-refractivity contribution in [2.24, 2.45) is 0 Å². The second-order valence-corrected chi connectivity index (χ2v) is 16.8. The Bertz CT molecular complexity index is 3540. The first-order valence-electron chi connectivity index (χ1n) is 20.8. The quantitative estimate of drug-likeness (QED) is 0.156. The Labute approximate surface area is 358 Å². The van der Waals surface area contributed by atoms with Crippen molar-refractivity contribution in [2.75, 3.05) is 4.90 Å². The molecular weight excluding hydrogens is 757 g/mol. The molecule has 0 spiro atoms. The fourth-order valence-electron chi connectivity index (χ4n) is 9.23. The van der Waals surface area contributed by atoms with Gasteiger partial charge in [0.1, 0.15) is 0 Å². The van der Waals surface area contributed by atoms with Crippen molar-refractivity contribution in [3.05, 3.63) is 231 Å². The Kier molecular flexibility index (Phi) is 8.39. The van der Waals surface area contributed by atoms with Gasteiger partial charge in [-0.2, -0.15) is 0 Å². The number of para-hydroxylation sites is 3. The highest BCUT2D eigenvalue weighted by atomic mass is 32.1. The highest BCUT2D eigenvalue weighted by molar-refractivity contribution is 7.25. The van der Waals surface area contributed by atoms with E-state index in [0.717, 1.165) is 22.7 Å². The van der Waals surface area contributed by atoms with Crippen molar-refractivity contribution >= 4 is 81.1 Å². The predicted molar refractivity (Wildman–Crippen MR) is 262 cm³/mol. The van der Waals surface area contributed by atoms with Crippen LogP contribution in [-0.4, -0.2) is 4.57 Å². The van der Waals surface area contributed by atoms with Crippen LogP contribution in [0.25, 0.3) is 91.8 Å². The first kappa shape index (κ1) is 35.2. The van der Waals surface area contributed by atoms with Crippen molar-refractivity contribution < 1.29 is 0 Å². The molecule has 10 aromatic carbocycles. The van der Waals surface area contributed by atoms with Gasteiger partial charge in [0.15, 0.2) is 0 Å². The predicted octanol–water partition coefficient (Wildman–Crippen LogP) is 16.8. The van der Waals surface area contributed by atoms with E-state index in [1.165, 1.54) is 86.1 Å². The van der Waals surface area contributed by atoms with Crippen LogP contribution in [0.3, 0.4) is 0 Å². The van der Waals surface area contributed by atoms with Gasteiger partial charge in [-0.05, 0) is 117 Å². The molecule has 0 atom stereocenters. The molecule has 0 saturated heterocycles. The zero-order valence-corrected chi connectivity index (χ0v) is 34.1. The number of hydrogen-bond acceptors (Lipinski definition) is 2. The fraction of sp³-hybridized carbons (Fsp3) is 0. The first-order valence-corrected chi connectivity index (χ1v) is 21.6. The molecule has 12 rings (SSSR count). The van der Waals surface area contributed by atoms with Gasteiger partial charge in [-0.1, -0.05) is 152 Å². The lowest BCUT2D eigenvalue weighted by Crippen LogP contribution is -2.11. The number of hydrogen-bond donors (Lipinski definition) is 0. The van der Waals surface area contributed by atoms with Gasteiger partial charge in [0, 0.05) is 53.6 Å². The second-order valence-electron chi connectivity index (χ2n) is 15.7. The SMILES string of the molecule is c1cc(-c2ccc(N(c3ccc(-c4ccc5ccccc5c4)cc3)c3ccccc3-c3ccc4sc5ccccc5c4c3)cc2)cc(-n2c3ccccc3c3ccccc32)c1. The van der Waals surface area contributed by atoms with Crippen LogP contribution < -0.4 is 4.90 Å². The standard InChI is InChI=1S/C58H38N2S/c1-2-13-42-36-44(25-24-39(42)12-1)41-28-33-47(34-29-41)59(54-20-7-3-16-49(54)45-30-35-58-53(38-45)52-19-6-10-23-57(52)61-58)46-31-26-40(27-32-46)43-14-11-15-48(37-43)60-55-21-8-4-17-50(55)51-18-5-9-22-56(51)60/h1-38H. The normalized spacial score (nSPS) is 11.6. The number of fused-ring (bicyclic) bond motifs is 7. The number of aromatic nitrogens is 1. The van der Waals surface area contributed by atoms with E-state index in [-0.39, 0.29) is 0 Å². The van der Waals surface area contributed by atoms with Gasteiger partial charge in [0.05, 0.1) is 16.7 Å². The van der Waals surface area contributed by atoms with Gasteiger partial charge in [-0.3, -0.25) is 0 Å². The van der Waals surface area contributed by atoms with Crippen LogP contribution in [0.4, 0.5) is 17.1 Å². The summed E-state index contributed by atoms with van der Waals surface area (Å²) in [6.45, 7) is 0. The van der Waals surface area contributed by atoms with E-state index in [4.69, 9.17) is 0 Å². The smallest absolute Gasteiger partial charge is 0.0541 e. The molecule has 2 aromatic heterocycles. The third kappa shape index (κ3) is 6.09. The minimum absolute atomic E-state index is 1.09. The van der Waals surface area contributed by atoms with Crippen LogP contribution in [-0.2, 0) is 0 Å². The van der Waals surface area contributed by atoms with E-state index >= 15 is 0 Å². The third-order valence-electron chi connectivity index (χ3n) is 12.2. The molecule has 0 unspecified atom stereocenters.